The summed E-state index contributed by atoms with van der Waals surface area (Å²) in [4.78, 5) is 24.1. The van der Waals surface area contributed by atoms with Crippen LogP contribution in [0.5, 0.6) is 0 Å². The number of amides is 2. The van der Waals surface area contributed by atoms with Gasteiger partial charge >= 0.3 is 0 Å². The molecule has 116 valence electrons. The molecule has 0 saturated heterocycles. The minimum absolute atomic E-state index is 0.126. The Bertz CT molecular complexity index is 483. The summed E-state index contributed by atoms with van der Waals surface area (Å²) >= 11 is 0. The molecule has 1 rings (SSSR count). The first-order chi connectivity index (χ1) is 9.93. The molecule has 1 aromatic carbocycles. The highest BCUT2D eigenvalue weighted by molar-refractivity contribution is 5.99. The third-order valence-electron chi connectivity index (χ3n) is 3.38. The summed E-state index contributed by atoms with van der Waals surface area (Å²) in [5.74, 6) is 0.285. The lowest BCUT2D eigenvalue weighted by Crippen LogP contribution is -2.32. The van der Waals surface area contributed by atoms with Crippen molar-refractivity contribution >= 4 is 11.8 Å². The Morgan fingerprint density at radius 1 is 1.10 bits per heavy atom. The number of carbonyl (C=O) groups excluding carboxylic acids is 2. The van der Waals surface area contributed by atoms with E-state index in [1.165, 1.54) is 0 Å². The Hall–Kier alpha value is -1.84. The Balaban J connectivity index is 2.67. The fourth-order valence-electron chi connectivity index (χ4n) is 1.79. The molecule has 1 unspecified atom stereocenters. The van der Waals surface area contributed by atoms with Crippen molar-refractivity contribution in [1.29, 1.82) is 0 Å². The highest BCUT2D eigenvalue weighted by atomic mass is 16.2. The predicted molar refractivity (Wildman–Crippen MR) is 85.4 cm³/mol. The van der Waals surface area contributed by atoms with E-state index in [2.05, 4.69) is 24.5 Å². The molecule has 0 spiro atoms. The van der Waals surface area contributed by atoms with Crippen LogP contribution < -0.4 is 10.6 Å². The summed E-state index contributed by atoms with van der Waals surface area (Å²) in [6, 6.07) is 6.96. The van der Waals surface area contributed by atoms with Crippen LogP contribution >= 0.6 is 0 Å². The fraction of sp³-hybridized carbons (Fsp3) is 0.529. The second kappa shape index (κ2) is 8.45. The summed E-state index contributed by atoms with van der Waals surface area (Å²) < 4.78 is 0. The third-order valence-corrected chi connectivity index (χ3v) is 3.38. The lowest BCUT2D eigenvalue weighted by Gasteiger charge is -2.12. The van der Waals surface area contributed by atoms with Gasteiger partial charge in [0, 0.05) is 23.7 Å². The largest absolute Gasteiger partial charge is 0.352 e. The van der Waals surface area contributed by atoms with E-state index in [1.54, 1.807) is 24.3 Å². The van der Waals surface area contributed by atoms with Crippen LogP contribution in [0.4, 0.5) is 0 Å². The van der Waals surface area contributed by atoms with Crippen LogP contribution in [0.15, 0.2) is 24.3 Å². The number of benzene rings is 1. The average Bonchev–Trinajstić information content (AvgIpc) is 2.46. The maximum absolute atomic E-state index is 12.0. The average molecular weight is 290 g/mol. The maximum atomic E-state index is 12.0. The van der Waals surface area contributed by atoms with Crippen molar-refractivity contribution in [3.05, 3.63) is 35.4 Å². The fourth-order valence-corrected chi connectivity index (χ4v) is 1.79. The number of carbonyl (C=O) groups is 2. The van der Waals surface area contributed by atoms with E-state index >= 15 is 0 Å². The van der Waals surface area contributed by atoms with Crippen molar-refractivity contribution in [2.24, 2.45) is 5.92 Å². The van der Waals surface area contributed by atoms with Gasteiger partial charge in [0.1, 0.15) is 0 Å². The van der Waals surface area contributed by atoms with Gasteiger partial charge in [0.05, 0.1) is 0 Å². The quantitative estimate of drug-likeness (QED) is 0.811. The van der Waals surface area contributed by atoms with Gasteiger partial charge in [-0.3, -0.25) is 9.59 Å². The van der Waals surface area contributed by atoms with Crippen LogP contribution in [0.1, 0.15) is 61.3 Å². The van der Waals surface area contributed by atoms with Gasteiger partial charge in [-0.25, -0.2) is 0 Å². The minimum atomic E-state index is -0.138. The summed E-state index contributed by atoms with van der Waals surface area (Å²) in [7, 11) is 0. The molecule has 0 heterocycles. The zero-order chi connectivity index (χ0) is 15.8. The smallest absolute Gasteiger partial charge is 0.251 e. The van der Waals surface area contributed by atoms with Gasteiger partial charge in [-0.05, 0) is 43.9 Å². The monoisotopic (exact) mass is 290 g/mol. The normalized spacial score (nSPS) is 12.0. The molecule has 0 bridgehead atoms. The predicted octanol–water partition coefficient (Wildman–Crippen LogP) is 2.99. The van der Waals surface area contributed by atoms with Crippen LogP contribution in [-0.2, 0) is 0 Å². The first kappa shape index (κ1) is 17.2. The van der Waals surface area contributed by atoms with E-state index in [-0.39, 0.29) is 17.9 Å². The van der Waals surface area contributed by atoms with Crippen molar-refractivity contribution in [3.63, 3.8) is 0 Å². The Labute approximate surface area is 127 Å². The van der Waals surface area contributed by atoms with Crippen molar-refractivity contribution in [2.45, 2.75) is 46.6 Å². The molecule has 21 heavy (non-hydrogen) atoms. The van der Waals surface area contributed by atoms with E-state index in [9.17, 15) is 9.59 Å². The number of hydrogen-bond acceptors (Lipinski definition) is 2. The highest BCUT2D eigenvalue weighted by Crippen LogP contribution is 2.07. The standard InChI is InChI=1S/C17H26N2O2/c1-5-13(4)19-17(21)15-8-6-7-14(11-15)16(20)18-10-9-12(2)3/h6-8,11-13H,5,9-10H2,1-4H3,(H,18,20)(H,19,21). The summed E-state index contributed by atoms with van der Waals surface area (Å²) in [6.45, 7) is 8.86. The summed E-state index contributed by atoms with van der Waals surface area (Å²) in [5, 5.41) is 5.78. The second-order valence-corrected chi connectivity index (χ2v) is 5.80. The molecule has 0 saturated carbocycles. The minimum Gasteiger partial charge on any atom is -0.352 e. The lowest BCUT2D eigenvalue weighted by atomic mass is 10.1. The highest BCUT2D eigenvalue weighted by Gasteiger charge is 2.11. The Morgan fingerprint density at radius 3 is 2.29 bits per heavy atom. The van der Waals surface area contributed by atoms with Gasteiger partial charge in [-0.1, -0.05) is 26.8 Å². The Morgan fingerprint density at radius 2 is 1.71 bits per heavy atom. The first-order valence-corrected chi connectivity index (χ1v) is 7.63. The van der Waals surface area contributed by atoms with Gasteiger partial charge < -0.3 is 10.6 Å². The van der Waals surface area contributed by atoms with E-state index in [1.807, 2.05) is 13.8 Å². The van der Waals surface area contributed by atoms with E-state index in [4.69, 9.17) is 0 Å². The maximum Gasteiger partial charge on any atom is 0.251 e. The molecule has 0 aliphatic heterocycles. The molecule has 0 aliphatic rings. The molecule has 0 aromatic heterocycles. The van der Waals surface area contributed by atoms with Gasteiger partial charge in [0.15, 0.2) is 0 Å². The van der Waals surface area contributed by atoms with Gasteiger partial charge in [0.2, 0.25) is 0 Å². The van der Waals surface area contributed by atoms with E-state index in [0.717, 1.165) is 12.8 Å². The van der Waals surface area contributed by atoms with E-state index in [0.29, 0.717) is 23.6 Å². The van der Waals surface area contributed by atoms with Gasteiger partial charge in [-0.2, -0.15) is 0 Å². The molecule has 2 N–H and O–H groups in total. The van der Waals surface area contributed by atoms with Crippen LogP contribution in [-0.4, -0.2) is 24.4 Å². The molecule has 1 atom stereocenters. The van der Waals surface area contributed by atoms with Crippen molar-refractivity contribution in [2.75, 3.05) is 6.54 Å². The SMILES string of the molecule is CCC(C)NC(=O)c1cccc(C(=O)NCCC(C)C)c1. The van der Waals surface area contributed by atoms with Gasteiger partial charge in [-0.15, -0.1) is 0 Å². The van der Waals surface area contributed by atoms with Crippen molar-refractivity contribution < 1.29 is 9.59 Å². The van der Waals surface area contributed by atoms with Crippen molar-refractivity contribution in [1.82, 2.24) is 10.6 Å². The van der Waals surface area contributed by atoms with E-state index < -0.39 is 0 Å². The topological polar surface area (TPSA) is 58.2 Å². The molecule has 0 radical (unpaired) electrons. The second-order valence-electron chi connectivity index (χ2n) is 5.80. The first-order valence-electron chi connectivity index (χ1n) is 7.63. The van der Waals surface area contributed by atoms with Gasteiger partial charge in [0.25, 0.3) is 11.8 Å². The van der Waals surface area contributed by atoms with Crippen LogP contribution in [0.25, 0.3) is 0 Å². The summed E-state index contributed by atoms with van der Waals surface area (Å²) in [5.41, 5.74) is 1.04. The molecule has 4 nitrogen and oxygen atoms in total. The van der Waals surface area contributed by atoms with Crippen molar-refractivity contribution in [3.8, 4) is 0 Å². The number of rotatable bonds is 7. The number of hydrogen-bond donors (Lipinski definition) is 2. The van der Waals surface area contributed by atoms with Crippen LogP contribution in [0, 0.1) is 5.92 Å². The molecule has 4 heteroatoms. The molecule has 1 aromatic rings. The molecule has 0 fully saturated rings. The third kappa shape index (κ3) is 5.98. The lowest BCUT2D eigenvalue weighted by molar-refractivity contribution is 0.0939. The zero-order valence-electron chi connectivity index (χ0n) is 13.4. The summed E-state index contributed by atoms with van der Waals surface area (Å²) in [6.07, 6.45) is 1.82. The zero-order valence-corrected chi connectivity index (χ0v) is 13.4. The molecule has 2 amide bonds. The molecular weight excluding hydrogens is 264 g/mol. The molecule has 0 aliphatic carbocycles. The van der Waals surface area contributed by atoms with Crippen LogP contribution in [0.2, 0.25) is 0 Å². The molecular formula is C17H26N2O2. The number of nitrogens with one attached hydrogen (secondary N) is 2. The Kier molecular flexibility index (Phi) is 6.92. The van der Waals surface area contributed by atoms with Crippen LogP contribution in [0.3, 0.4) is 0 Å².